The number of nitrogens with one attached hydrogen (secondary N) is 1. The van der Waals surface area contributed by atoms with Crippen LogP contribution >= 0.6 is 0 Å². The summed E-state index contributed by atoms with van der Waals surface area (Å²) in [6.45, 7) is 8.45. The van der Waals surface area contributed by atoms with Crippen LogP contribution in [0, 0.1) is 10.1 Å². The van der Waals surface area contributed by atoms with E-state index >= 15 is 0 Å². The SMILES string of the molecule is CCCN1CCN(c2ccc(C(=O)NCCCCCCCCCCCCCCO[N+](=O)[O-])cn2)CC1. The first-order chi connectivity index (χ1) is 17.6. The molecule has 1 aromatic rings. The van der Waals surface area contributed by atoms with Crippen LogP contribution in [0.2, 0.25) is 0 Å². The van der Waals surface area contributed by atoms with Gasteiger partial charge in [0.1, 0.15) is 5.82 Å². The number of unbranched alkanes of at least 4 members (excludes halogenated alkanes) is 11. The predicted molar refractivity (Wildman–Crippen MR) is 144 cm³/mol. The molecule has 1 aliphatic rings. The fourth-order valence-corrected chi connectivity index (χ4v) is 4.66. The first kappa shape index (κ1) is 29.8. The maximum Gasteiger partial charge on any atom is 0.294 e. The van der Waals surface area contributed by atoms with Crippen molar-refractivity contribution >= 4 is 11.7 Å². The highest BCUT2D eigenvalue weighted by Gasteiger charge is 2.17. The lowest BCUT2D eigenvalue weighted by Crippen LogP contribution is -2.46. The largest absolute Gasteiger partial charge is 0.354 e. The minimum Gasteiger partial charge on any atom is -0.354 e. The van der Waals surface area contributed by atoms with Crippen molar-refractivity contribution in [3.05, 3.63) is 34.0 Å². The van der Waals surface area contributed by atoms with E-state index in [1.807, 2.05) is 12.1 Å². The number of anilines is 1. The Morgan fingerprint density at radius 3 is 2.06 bits per heavy atom. The van der Waals surface area contributed by atoms with Crippen LogP contribution in [-0.2, 0) is 4.84 Å². The van der Waals surface area contributed by atoms with E-state index < -0.39 is 5.09 Å². The Kier molecular flexibility index (Phi) is 15.6. The van der Waals surface area contributed by atoms with E-state index in [9.17, 15) is 14.9 Å². The standard InChI is InChI=1S/C27H47N5O4/c1-2-18-30-19-21-31(22-20-30)26-16-15-25(24-29-26)27(33)28-17-13-11-9-7-5-3-4-6-8-10-12-14-23-36-32(34)35/h15-16,24H,2-14,17-23H2,1H3,(H,28,33). The zero-order valence-electron chi connectivity index (χ0n) is 22.3. The summed E-state index contributed by atoms with van der Waals surface area (Å²) in [6.07, 6.45) is 16.7. The Bertz CT molecular complexity index is 723. The topological polar surface area (TPSA) is 101 Å². The lowest BCUT2D eigenvalue weighted by Gasteiger charge is -2.35. The number of aromatic nitrogens is 1. The molecule has 2 rings (SSSR count). The molecule has 0 aromatic carbocycles. The van der Waals surface area contributed by atoms with Crippen LogP contribution < -0.4 is 10.2 Å². The maximum atomic E-state index is 12.4. The molecular weight excluding hydrogens is 458 g/mol. The van der Waals surface area contributed by atoms with E-state index in [1.165, 1.54) is 51.4 Å². The summed E-state index contributed by atoms with van der Waals surface area (Å²) in [5.74, 6) is 0.926. The van der Waals surface area contributed by atoms with Crippen LogP contribution in [0.25, 0.3) is 0 Å². The van der Waals surface area contributed by atoms with Crippen molar-refractivity contribution in [1.82, 2.24) is 15.2 Å². The molecule has 0 atom stereocenters. The molecule has 1 amide bonds. The van der Waals surface area contributed by atoms with Crippen molar-refractivity contribution in [2.24, 2.45) is 0 Å². The Balaban J connectivity index is 1.41. The summed E-state index contributed by atoms with van der Waals surface area (Å²) >= 11 is 0. The zero-order valence-corrected chi connectivity index (χ0v) is 22.3. The number of hydrogen-bond donors (Lipinski definition) is 1. The van der Waals surface area contributed by atoms with Crippen LogP contribution in [0.5, 0.6) is 0 Å². The lowest BCUT2D eigenvalue weighted by atomic mass is 10.1. The summed E-state index contributed by atoms with van der Waals surface area (Å²) in [6, 6.07) is 3.86. The van der Waals surface area contributed by atoms with Crippen LogP contribution in [0.4, 0.5) is 5.82 Å². The van der Waals surface area contributed by atoms with Gasteiger partial charge in [0.15, 0.2) is 0 Å². The van der Waals surface area contributed by atoms with Gasteiger partial charge in [0.25, 0.3) is 11.0 Å². The molecule has 0 aliphatic carbocycles. The zero-order chi connectivity index (χ0) is 25.8. The number of pyridine rings is 1. The summed E-state index contributed by atoms with van der Waals surface area (Å²) in [5, 5.41) is 12.4. The van der Waals surface area contributed by atoms with Crippen LogP contribution in [0.1, 0.15) is 101 Å². The smallest absolute Gasteiger partial charge is 0.294 e. The Morgan fingerprint density at radius 2 is 1.53 bits per heavy atom. The number of carbonyl (C=O) groups is 1. The van der Waals surface area contributed by atoms with Crippen LogP contribution in [-0.4, -0.2) is 66.8 Å². The molecule has 0 spiro atoms. The van der Waals surface area contributed by atoms with Gasteiger partial charge in [-0.05, 0) is 37.9 Å². The molecule has 0 unspecified atom stereocenters. The minimum absolute atomic E-state index is 0.0351. The summed E-state index contributed by atoms with van der Waals surface area (Å²) in [5.41, 5.74) is 0.633. The molecule has 1 fully saturated rings. The van der Waals surface area contributed by atoms with Gasteiger partial charge < -0.3 is 15.1 Å². The molecule has 1 N–H and O–H groups in total. The number of rotatable bonds is 20. The molecule has 9 heteroatoms. The highest BCUT2D eigenvalue weighted by molar-refractivity contribution is 5.94. The second kappa shape index (κ2) is 18.8. The Hall–Kier alpha value is -2.42. The Labute approximate surface area is 217 Å². The number of hydrogen-bond acceptors (Lipinski definition) is 7. The molecule has 9 nitrogen and oxygen atoms in total. The fourth-order valence-electron chi connectivity index (χ4n) is 4.66. The van der Waals surface area contributed by atoms with Gasteiger partial charge in [0.05, 0.1) is 12.2 Å². The molecule has 204 valence electrons. The Morgan fingerprint density at radius 1 is 0.944 bits per heavy atom. The second-order valence-electron chi connectivity index (χ2n) is 9.79. The van der Waals surface area contributed by atoms with Gasteiger partial charge >= 0.3 is 0 Å². The molecular formula is C27H47N5O4. The van der Waals surface area contributed by atoms with Crippen LogP contribution in [0.3, 0.4) is 0 Å². The quantitative estimate of drug-likeness (QED) is 0.147. The third-order valence-electron chi connectivity index (χ3n) is 6.80. The van der Waals surface area contributed by atoms with E-state index in [4.69, 9.17) is 0 Å². The van der Waals surface area contributed by atoms with E-state index in [0.717, 1.165) is 70.6 Å². The lowest BCUT2D eigenvalue weighted by molar-refractivity contribution is -0.757. The molecule has 0 bridgehead atoms. The molecule has 1 saturated heterocycles. The van der Waals surface area contributed by atoms with Crippen molar-refractivity contribution < 1.29 is 14.7 Å². The van der Waals surface area contributed by atoms with Gasteiger partial charge in [-0.2, -0.15) is 0 Å². The number of amides is 1. The third-order valence-corrected chi connectivity index (χ3v) is 6.80. The van der Waals surface area contributed by atoms with Gasteiger partial charge in [-0.15, -0.1) is 10.1 Å². The normalized spacial score (nSPS) is 14.1. The number of carbonyl (C=O) groups excluding carboxylic acids is 1. The molecule has 2 heterocycles. The van der Waals surface area contributed by atoms with E-state index in [-0.39, 0.29) is 12.5 Å². The number of nitrogens with zero attached hydrogens (tertiary/aromatic N) is 4. The average Bonchev–Trinajstić information content (AvgIpc) is 2.89. The number of piperazine rings is 1. The second-order valence-corrected chi connectivity index (χ2v) is 9.79. The van der Waals surface area contributed by atoms with Gasteiger partial charge in [0.2, 0.25) is 0 Å². The van der Waals surface area contributed by atoms with Crippen LogP contribution in [0.15, 0.2) is 18.3 Å². The summed E-state index contributed by atoms with van der Waals surface area (Å²) in [4.78, 5) is 36.1. The van der Waals surface area contributed by atoms with Gasteiger partial charge in [-0.25, -0.2) is 4.98 Å². The van der Waals surface area contributed by atoms with Crippen molar-refractivity contribution in [3.8, 4) is 0 Å². The van der Waals surface area contributed by atoms with Gasteiger partial charge in [-0.3, -0.25) is 9.69 Å². The average molecular weight is 506 g/mol. The third kappa shape index (κ3) is 13.0. The highest BCUT2D eigenvalue weighted by Crippen LogP contribution is 2.15. The monoisotopic (exact) mass is 505 g/mol. The predicted octanol–water partition coefficient (Wildman–Crippen LogP) is 5.23. The fraction of sp³-hybridized carbons (Fsp3) is 0.778. The molecule has 0 radical (unpaired) electrons. The highest BCUT2D eigenvalue weighted by atomic mass is 16.9. The van der Waals surface area contributed by atoms with Crippen molar-refractivity contribution in [3.63, 3.8) is 0 Å². The van der Waals surface area contributed by atoms with E-state index in [1.54, 1.807) is 6.20 Å². The molecule has 1 aliphatic heterocycles. The van der Waals surface area contributed by atoms with Crippen molar-refractivity contribution in [2.45, 2.75) is 90.4 Å². The molecule has 36 heavy (non-hydrogen) atoms. The molecule has 0 saturated carbocycles. The van der Waals surface area contributed by atoms with Gasteiger partial charge in [-0.1, -0.05) is 71.1 Å². The molecule has 1 aromatic heterocycles. The van der Waals surface area contributed by atoms with Crippen molar-refractivity contribution in [1.29, 1.82) is 0 Å². The van der Waals surface area contributed by atoms with E-state index in [0.29, 0.717) is 12.1 Å². The summed E-state index contributed by atoms with van der Waals surface area (Å²) in [7, 11) is 0. The van der Waals surface area contributed by atoms with E-state index in [2.05, 4.69) is 31.9 Å². The van der Waals surface area contributed by atoms with Crippen molar-refractivity contribution in [2.75, 3.05) is 50.8 Å². The first-order valence-electron chi connectivity index (χ1n) is 14.1. The summed E-state index contributed by atoms with van der Waals surface area (Å²) < 4.78 is 0. The first-order valence-corrected chi connectivity index (χ1v) is 14.1. The maximum absolute atomic E-state index is 12.4. The minimum atomic E-state index is -0.718. The van der Waals surface area contributed by atoms with Gasteiger partial charge in [0, 0.05) is 38.9 Å².